The highest BCUT2D eigenvalue weighted by atomic mass is 16.5. The van der Waals surface area contributed by atoms with E-state index in [0.29, 0.717) is 0 Å². The molecule has 1 atom stereocenters. The van der Waals surface area contributed by atoms with Crippen molar-refractivity contribution in [3.8, 4) is 0 Å². The minimum Gasteiger partial charge on any atom is -0.394 e. The molecule has 0 saturated heterocycles. The largest absolute Gasteiger partial charge is 0.394 e. The molecule has 1 saturated carbocycles. The van der Waals surface area contributed by atoms with Crippen molar-refractivity contribution in [3.63, 3.8) is 0 Å². The van der Waals surface area contributed by atoms with Gasteiger partial charge in [0.15, 0.2) is 0 Å². The standard InChI is InChI=1S/C14H29NO2/c1-3-9-15-14(2,12-16)8-10-17-11-13-6-4-5-7-13/h13,15-16H,3-12H2,1-2H3. The molecule has 0 aromatic carbocycles. The van der Waals surface area contributed by atoms with Gasteiger partial charge in [-0.15, -0.1) is 0 Å². The lowest BCUT2D eigenvalue weighted by molar-refractivity contribution is 0.0678. The van der Waals surface area contributed by atoms with Crippen LogP contribution in [0.4, 0.5) is 0 Å². The van der Waals surface area contributed by atoms with Crippen molar-refractivity contribution in [1.82, 2.24) is 5.32 Å². The average Bonchev–Trinajstić information content (AvgIpc) is 2.85. The monoisotopic (exact) mass is 243 g/mol. The Morgan fingerprint density at radius 2 is 2.06 bits per heavy atom. The summed E-state index contributed by atoms with van der Waals surface area (Å²) in [6.07, 6.45) is 7.41. The van der Waals surface area contributed by atoms with E-state index in [2.05, 4.69) is 19.2 Å². The van der Waals surface area contributed by atoms with E-state index in [4.69, 9.17) is 4.74 Å². The molecule has 1 fully saturated rings. The molecule has 102 valence electrons. The molecule has 0 aliphatic heterocycles. The third-order valence-corrected chi connectivity index (χ3v) is 3.78. The Labute approximate surface area is 106 Å². The fourth-order valence-electron chi connectivity index (χ4n) is 2.37. The quantitative estimate of drug-likeness (QED) is 0.611. The van der Waals surface area contributed by atoms with Gasteiger partial charge >= 0.3 is 0 Å². The second kappa shape index (κ2) is 8.06. The molecule has 1 rings (SSSR count). The highest BCUT2D eigenvalue weighted by Gasteiger charge is 2.22. The minimum absolute atomic E-state index is 0.175. The molecular formula is C14H29NO2. The minimum atomic E-state index is -0.175. The Morgan fingerprint density at radius 3 is 2.65 bits per heavy atom. The molecule has 2 N–H and O–H groups in total. The number of aliphatic hydroxyl groups excluding tert-OH is 1. The fraction of sp³-hybridized carbons (Fsp3) is 1.00. The van der Waals surface area contributed by atoms with Crippen LogP contribution in [0.25, 0.3) is 0 Å². The predicted octanol–water partition coefficient (Wildman–Crippen LogP) is 2.33. The number of nitrogens with one attached hydrogen (secondary N) is 1. The first-order valence-electron chi connectivity index (χ1n) is 7.14. The van der Waals surface area contributed by atoms with Crippen LogP contribution >= 0.6 is 0 Å². The summed E-state index contributed by atoms with van der Waals surface area (Å²) in [5.41, 5.74) is -0.175. The first kappa shape index (κ1) is 14.9. The van der Waals surface area contributed by atoms with Gasteiger partial charge in [-0.2, -0.15) is 0 Å². The lowest BCUT2D eigenvalue weighted by Crippen LogP contribution is -2.47. The average molecular weight is 243 g/mol. The molecule has 0 bridgehead atoms. The van der Waals surface area contributed by atoms with Gasteiger partial charge in [-0.1, -0.05) is 19.8 Å². The van der Waals surface area contributed by atoms with E-state index in [0.717, 1.165) is 38.5 Å². The van der Waals surface area contributed by atoms with Gasteiger partial charge in [0, 0.05) is 18.8 Å². The number of ether oxygens (including phenoxy) is 1. The Hall–Kier alpha value is -0.120. The van der Waals surface area contributed by atoms with Crippen LogP contribution in [0.1, 0.15) is 52.4 Å². The zero-order valence-electron chi connectivity index (χ0n) is 11.5. The van der Waals surface area contributed by atoms with Crippen LogP contribution in [0.15, 0.2) is 0 Å². The van der Waals surface area contributed by atoms with Gasteiger partial charge < -0.3 is 15.2 Å². The first-order chi connectivity index (χ1) is 8.20. The van der Waals surface area contributed by atoms with Crippen LogP contribution < -0.4 is 5.32 Å². The van der Waals surface area contributed by atoms with Crippen LogP contribution in [-0.4, -0.2) is 37.0 Å². The van der Waals surface area contributed by atoms with E-state index in [1.807, 2.05) is 0 Å². The molecule has 0 aromatic rings. The SMILES string of the molecule is CCCNC(C)(CO)CCOCC1CCCC1. The van der Waals surface area contributed by atoms with E-state index in [-0.39, 0.29) is 12.1 Å². The van der Waals surface area contributed by atoms with Gasteiger partial charge in [0.25, 0.3) is 0 Å². The lowest BCUT2D eigenvalue weighted by Gasteiger charge is -2.29. The molecule has 0 amide bonds. The van der Waals surface area contributed by atoms with Gasteiger partial charge in [0.1, 0.15) is 0 Å². The van der Waals surface area contributed by atoms with Gasteiger partial charge in [0.05, 0.1) is 6.61 Å². The van der Waals surface area contributed by atoms with Crippen molar-refractivity contribution >= 4 is 0 Å². The maximum Gasteiger partial charge on any atom is 0.0611 e. The Balaban J connectivity index is 2.09. The summed E-state index contributed by atoms with van der Waals surface area (Å²) in [5, 5.41) is 12.8. The number of hydrogen-bond donors (Lipinski definition) is 2. The smallest absolute Gasteiger partial charge is 0.0611 e. The molecule has 3 nitrogen and oxygen atoms in total. The molecule has 0 spiro atoms. The maximum atomic E-state index is 9.40. The maximum absolute atomic E-state index is 9.40. The van der Waals surface area contributed by atoms with E-state index in [1.54, 1.807) is 0 Å². The van der Waals surface area contributed by atoms with E-state index < -0.39 is 0 Å². The predicted molar refractivity (Wildman–Crippen MR) is 71.2 cm³/mol. The Bertz CT molecular complexity index is 193. The molecule has 17 heavy (non-hydrogen) atoms. The third-order valence-electron chi connectivity index (χ3n) is 3.78. The lowest BCUT2D eigenvalue weighted by atomic mass is 9.99. The number of aliphatic hydroxyl groups is 1. The second-order valence-electron chi connectivity index (χ2n) is 5.62. The zero-order valence-corrected chi connectivity index (χ0v) is 11.5. The molecule has 1 aliphatic carbocycles. The third kappa shape index (κ3) is 5.84. The summed E-state index contributed by atoms with van der Waals surface area (Å²) in [7, 11) is 0. The molecule has 0 heterocycles. The summed E-state index contributed by atoms with van der Waals surface area (Å²) in [4.78, 5) is 0. The van der Waals surface area contributed by atoms with Crippen molar-refractivity contribution < 1.29 is 9.84 Å². The van der Waals surface area contributed by atoms with Gasteiger partial charge in [-0.25, -0.2) is 0 Å². The molecule has 1 aliphatic rings. The number of rotatable bonds is 9. The van der Waals surface area contributed by atoms with Crippen molar-refractivity contribution in [2.45, 2.75) is 57.9 Å². The summed E-state index contributed by atoms with van der Waals surface area (Å²) in [5.74, 6) is 0.791. The second-order valence-corrected chi connectivity index (χ2v) is 5.62. The first-order valence-corrected chi connectivity index (χ1v) is 7.14. The highest BCUT2D eigenvalue weighted by Crippen LogP contribution is 2.24. The molecule has 0 radical (unpaired) electrons. The summed E-state index contributed by atoms with van der Waals surface area (Å²) < 4.78 is 5.74. The summed E-state index contributed by atoms with van der Waals surface area (Å²) in [6.45, 7) is 7.02. The van der Waals surface area contributed by atoms with E-state index in [1.165, 1.54) is 25.7 Å². The van der Waals surface area contributed by atoms with Crippen molar-refractivity contribution in [3.05, 3.63) is 0 Å². The molecule has 3 heteroatoms. The highest BCUT2D eigenvalue weighted by molar-refractivity contribution is 4.81. The van der Waals surface area contributed by atoms with Crippen LogP contribution in [0.3, 0.4) is 0 Å². The topological polar surface area (TPSA) is 41.5 Å². The molecular weight excluding hydrogens is 214 g/mol. The van der Waals surface area contributed by atoms with Gasteiger partial charge in [0.2, 0.25) is 0 Å². The molecule has 1 unspecified atom stereocenters. The summed E-state index contributed by atoms with van der Waals surface area (Å²) in [6, 6.07) is 0. The Kier molecular flexibility index (Phi) is 7.09. The van der Waals surface area contributed by atoms with Crippen LogP contribution in [0.2, 0.25) is 0 Å². The summed E-state index contributed by atoms with van der Waals surface area (Å²) >= 11 is 0. The fourth-order valence-corrected chi connectivity index (χ4v) is 2.37. The van der Waals surface area contributed by atoms with Crippen molar-refractivity contribution in [2.75, 3.05) is 26.4 Å². The Morgan fingerprint density at radius 1 is 1.35 bits per heavy atom. The van der Waals surface area contributed by atoms with Crippen LogP contribution in [0.5, 0.6) is 0 Å². The zero-order chi connectivity index (χ0) is 12.6. The van der Waals surface area contributed by atoms with Crippen molar-refractivity contribution in [1.29, 1.82) is 0 Å². The van der Waals surface area contributed by atoms with Crippen LogP contribution in [-0.2, 0) is 4.74 Å². The van der Waals surface area contributed by atoms with Crippen molar-refractivity contribution in [2.24, 2.45) is 5.92 Å². The number of hydrogen-bond acceptors (Lipinski definition) is 3. The van der Waals surface area contributed by atoms with E-state index in [9.17, 15) is 5.11 Å². The molecule has 0 aromatic heterocycles. The van der Waals surface area contributed by atoms with E-state index >= 15 is 0 Å². The normalized spacial score (nSPS) is 20.6. The van der Waals surface area contributed by atoms with Gasteiger partial charge in [-0.3, -0.25) is 0 Å². The van der Waals surface area contributed by atoms with Crippen LogP contribution in [0, 0.1) is 5.92 Å². The van der Waals surface area contributed by atoms with Gasteiger partial charge in [-0.05, 0) is 45.1 Å².